The Kier molecular flexibility index (Phi) is 6.02. The van der Waals surface area contributed by atoms with Crippen molar-refractivity contribution in [3.63, 3.8) is 0 Å². The summed E-state index contributed by atoms with van der Waals surface area (Å²) in [6.07, 6.45) is 2.98. The molecule has 3 N–H and O–H groups in total. The Morgan fingerprint density at radius 3 is 2.75 bits per heavy atom. The average molecular weight is 441 g/mol. The van der Waals surface area contributed by atoms with Crippen molar-refractivity contribution in [2.45, 2.75) is 44.6 Å². The third kappa shape index (κ3) is 4.12. The van der Waals surface area contributed by atoms with Gasteiger partial charge in [0.05, 0.1) is 31.4 Å². The largest absolute Gasteiger partial charge is 0.497 e. The molecule has 10 nitrogen and oxygen atoms in total. The van der Waals surface area contributed by atoms with Crippen LogP contribution < -0.4 is 30.6 Å². The number of carbonyl (C=O) groups excluding carboxylic acids is 2. The van der Waals surface area contributed by atoms with E-state index in [-0.39, 0.29) is 29.8 Å². The molecule has 10 heteroatoms. The summed E-state index contributed by atoms with van der Waals surface area (Å²) in [6, 6.07) is 5.19. The monoisotopic (exact) mass is 441 g/mol. The molecule has 0 aliphatic carbocycles. The minimum Gasteiger partial charge on any atom is -0.497 e. The highest BCUT2D eigenvalue weighted by Gasteiger charge is 2.36. The number of H-pyrrole nitrogens is 1. The Hall–Kier alpha value is -3.56. The molecule has 0 bridgehead atoms. The van der Waals surface area contributed by atoms with Gasteiger partial charge in [0.1, 0.15) is 17.3 Å². The minimum atomic E-state index is -0.977. The first-order valence-corrected chi connectivity index (χ1v) is 10.6. The molecule has 2 atom stereocenters. The molecular formula is C22H27N5O5. The maximum atomic E-state index is 13.1. The van der Waals surface area contributed by atoms with E-state index >= 15 is 0 Å². The number of piperidine rings is 1. The second kappa shape index (κ2) is 8.89. The first kappa shape index (κ1) is 21.7. The van der Waals surface area contributed by atoms with Crippen molar-refractivity contribution in [2.75, 3.05) is 36.3 Å². The number of aromatic amines is 1. The van der Waals surface area contributed by atoms with Gasteiger partial charge in [-0.2, -0.15) is 4.98 Å². The fourth-order valence-electron chi connectivity index (χ4n) is 4.25. The molecule has 32 heavy (non-hydrogen) atoms. The van der Waals surface area contributed by atoms with Gasteiger partial charge in [0.15, 0.2) is 0 Å². The van der Waals surface area contributed by atoms with Crippen molar-refractivity contribution < 1.29 is 19.1 Å². The highest BCUT2D eigenvalue weighted by atomic mass is 16.5. The maximum Gasteiger partial charge on any atom is 0.258 e. The summed E-state index contributed by atoms with van der Waals surface area (Å²) < 4.78 is 10.5. The van der Waals surface area contributed by atoms with Gasteiger partial charge in [0.2, 0.25) is 17.8 Å². The third-order valence-electron chi connectivity index (χ3n) is 6.00. The molecule has 0 saturated carbocycles. The van der Waals surface area contributed by atoms with Gasteiger partial charge in [-0.1, -0.05) is 0 Å². The smallest absolute Gasteiger partial charge is 0.258 e. The van der Waals surface area contributed by atoms with Crippen LogP contribution >= 0.6 is 0 Å². The summed E-state index contributed by atoms with van der Waals surface area (Å²) in [5.74, 6) is -0.304. The first-order chi connectivity index (χ1) is 15.4. The highest BCUT2D eigenvalue weighted by Crippen LogP contribution is 2.34. The quantitative estimate of drug-likeness (QED) is 0.650. The maximum absolute atomic E-state index is 13.1. The van der Waals surface area contributed by atoms with Crippen LogP contribution in [0.5, 0.6) is 11.5 Å². The molecule has 3 heterocycles. The third-order valence-corrected chi connectivity index (χ3v) is 6.00. The molecule has 2 aromatic rings. The molecule has 1 saturated heterocycles. The SMILES string of the molecule is COc1ccc(NC(=O)[C@@H]2CC(=O)Nc3nc(N4CCCC[C@@H]4C)[nH]c(=O)c32)c(OC)c1. The van der Waals surface area contributed by atoms with E-state index in [9.17, 15) is 14.4 Å². The normalized spacial score (nSPS) is 20.2. The summed E-state index contributed by atoms with van der Waals surface area (Å²) in [5.41, 5.74) is 0.140. The summed E-state index contributed by atoms with van der Waals surface area (Å²) >= 11 is 0. The molecule has 1 fully saturated rings. The van der Waals surface area contributed by atoms with Crippen LogP contribution in [0, 0.1) is 0 Å². The fraction of sp³-hybridized carbons (Fsp3) is 0.455. The zero-order valence-corrected chi connectivity index (χ0v) is 18.4. The van der Waals surface area contributed by atoms with Crippen LogP contribution in [0.1, 0.15) is 44.1 Å². The van der Waals surface area contributed by atoms with Gasteiger partial charge in [0.25, 0.3) is 5.56 Å². The van der Waals surface area contributed by atoms with E-state index in [1.165, 1.54) is 14.2 Å². The predicted molar refractivity (Wildman–Crippen MR) is 120 cm³/mol. The number of nitrogens with one attached hydrogen (secondary N) is 3. The molecule has 0 radical (unpaired) electrons. The van der Waals surface area contributed by atoms with Crippen LogP contribution in [0.4, 0.5) is 17.5 Å². The Bertz CT molecular complexity index is 1100. The van der Waals surface area contributed by atoms with Gasteiger partial charge >= 0.3 is 0 Å². The van der Waals surface area contributed by atoms with Crippen molar-refractivity contribution in [2.24, 2.45) is 0 Å². The summed E-state index contributed by atoms with van der Waals surface area (Å²) in [4.78, 5) is 47.9. The van der Waals surface area contributed by atoms with Crippen molar-refractivity contribution >= 4 is 29.3 Å². The number of nitrogens with zero attached hydrogens (tertiary/aromatic N) is 2. The van der Waals surface area contributed by atoms with Crippen LogP contribution in [0.25, 0.3) is 0 Å². The number of hydrogen-bond donors (Lipinski definition) is 3. The van der Waals surface area contributed by atoms with E-state index in [0.29, 0.717) is 23.1 Å². The number of hydrogen-bond acceptors (Lipinski definition) is 7. The Labute approximate surface area is 185 Å². The van der Waals surface area contributed by atoms with Gasteiger partial charge in [-0.25, -0.2) is 0 Å². The van der Waals surface area contributed by atoms with Gasteiger partial charge in [0, 0.05) is 25.1 Å². The molecule has 0 unspecified atom stereocenters. The van der Waals surface area contributed by atoms with Gasteiger partial charge in [-0.3, -0.25) is 19.4 Å². The standard InChI is InChI=1S/C22H27N5O5/c1-12-6-4-5-9-27(12)22-25-19-18(21(30)26-22)14(11-17(28)24-19)20(29)23-15-8-7-13(31-2)10-16(15)32-3/h7-8,10,12,14H,4-6,9,11H2,1-3H3,(H,23,29)(H2,24,25,26,28,30)/t12-,14+/m0/s1. The number of rotatable bonds is 5. The van der Waals surface area contributed by atoms with Crippen LogP contribution in [0.15, 0.2) is 23.0 Å². The van der Waals surface area contributed by atoms with E-state index in [0.717, 1.165) is 25.8 Å². The van der Waals surface area contributed by atoms with E-state index in [1.807, 2.05) is 4.90 Å². The number of aromatic nitrogens is 2. The van der Waals surface area contributed by atoms with Gasteiger partial charge in [-0.05, 0) is 38.3 Å². The van der Waals surface area contributed by atoms with E-state index < -0.39 is 17.4 Å². The number of anilines is 3. The minimum absolute atomic E-state index is 0.139. The lowest BCUT2D eigenvalue weighted by Crippen LogP contribution is -2.42. The van der Waals surface area contributed by atoms with Crippen molar-refractivity contribution in [1.29, 1.82) is 0 Å². The summed E-state index contributed by atoms with van der Waals surface area (Å²) in [5, 5.41) is 5.43. The first-order valence-electron chi connectivity index (χ1n) is 10.6. The van der Waals surface area contributed by atoms with Crippen LogP contribution in [0.2, 0.25) is 0 Å². The predicted octanol–water partition coefficient (Wildman–Crippen LogP) is 2.23. The van der Waals surface area contributed by atoms with Crippen LogP contribution in [-0.2, 0) is 9.59 Å². The number of methoxy groups -OCH3 is 2. The molecule has 170 valence electrons. The second-order valence-corrected chi connectivity index (χ2v) is 8.05. The summed E-state index contributed by atoms with van der Waals surface area (Å²) in [7, 11) is 3.01. The molecular weight excluding hydrogens is 414 g/mol. The molecule has 2 aliphatic heterocycles. The van der Waals surface area contributed by atoms with E-state index in [2.05, 4.69) is 27.5 Å². The lowest BCUT2D eigenvalue weighted by Gasteiger charge is -2.34. The molecule has 0 spiro atoms. The topological polar surface area (TPSA) is 126 Å². The second-order valence-electron chi connectivity index (χ2n) is 8.05. The van der Waals surface area contributed by atoms with Crippen LogP contribution in [0.3, 0.4) is 0 Å². The lowest BCUT2D eigenvalue weighted by molar-refractivity contribution is -0.123. The Morgan fingerprint density at radius 1 is 1.22 bits per heavy atom. The molecule has 1 aromatic heterocycles. The van der Waals surface area contributed by atoms with Crippen molar-refractivity contribution in [3.8, 4) is 11.5 Å². The van der Waals surface area contributed by atoms with Crippen molar-refractivity contribution in [1.82, 2.24) is 9.97 Å². The number of ether oxygens (including phenoxy) is 2. The molecule has 2 aliphatic rings. The highest BCUT2D eigenvalue weighted by molar-refractivity contribution is 6.05. The average Bonchev–Trinajstić information content (AvgIpc) is 2.78. The Morgan fingerprint density at radius 2 is 2.03 bits per heavy atom. The number of carbonyl (C=O) groups is 2. The molecule has 4 rings (SSSR count). The Balaban J connectivity index is 1.65. The number of benzene rings is 1. The zero-order chi connectivity index (χ0) is 22.8. The number of fused-ring (bicyclic) bond motifs is 1. The van der Waals surface area contributed by atoms with E-state index in [1.54, 1.807) is 18.2 Å². The fourth-order valence-corrected chi connectivity index (χ4v) is 4.25. The van der Waals surface area contributed by atoms with E-state index in [4.69, 9.17) is 9.47 Å². The number of amides is 2. The zero-order valence-electron chi connectivity index (χ0n) is 18.4. The molecule has 1 aromatic carbocycles. The van der Waals surface area contributed by atoms with Gasteiger partial charge in [-0.15, -0.1) is 0 Å². The summed E-state index contributed by atoms with van der Waals surface area (Å²) in [6.45, 7) is 2.85. The lowest BCUT2D eigenvalue weighted by atomic mass is 9.92. The molecule has 2 amide bonds. The van der Waals surface area contributed by atoms with Crippen LogP contribution in [-0.4, -0.2) is 48.6 Å². The van der Waals surface area contributed by atoms with Gasteiger partial charge < -0.3 is 25.0 Å². The van der Waals surface area contributed by atoms with Crippen molar-refractivity contribution in [3.05, 3.63) is 34.1 Å².